The van der Waals surface area contributed by atoms with E-state index >= 15 is 0 Å². The molecule has 0 aliphatic carbocycles. The van der Waals surface area contributed by atoms with Gasteiger partial charge in [0.15, 0.2) is 0 Å². The first-order valence-corrected chi connectivity index (χ1v) is 10.5. The van der Waals surface area contributed by atoms with Crippen LogP contribution in [-0.2, 0) is 4.79 Å². The van der Waals surface area contributed by atoms with Gasteiger partial charge >= 0.3 is 5.97 Å². The second kappa shape index (κ2) is 19.6. The van der Waals surface area contributed by atoms with Gasteiger partial charge < -0.3 is 5.11 Å². The Labute approximate surface area is 170 Å². The van der Waals surface area contributed by atoms with Crippen LogP contribution in [0.4, 0.5) is 0 Å². The third kappa shape index (κ3) is 18.6. The summed E-state index contributed by atoms with van der Waals surface area (Å²) in [6, 6.07) is -0.619. The second-order valence-corrected chi connectivity index (χ2v) is 6.90. The van der Waals surface area contributed by atoms with Crippen molar-refractivity contribution in [3.05, 3.63) is 58.7 Å². The Morgan fingerprint density at radius 3 is 2.00 bits per heavy atom. The summed E-state index contributed by atoms with van der Waals surface area (Å²) in [5.74, 6) is -0.849. The van der Waals surface area contributed by atoms with Crippen LogP contribution in [0.1, 0.15) is 84.0 Å². The van der Waals surface area contributed by atoms with Crippen LogP contribution < -0.4 is 0 Å². The minimum Gasteiger partial charge on any atom is -0.481 e. The number of nitrogens with zero attached hydrogens (tertiary/aromatic N) is 1. The number of carboxylic acids is 1. The van der Waals surface area contributed by atoms with Crippen LogP contribution in [-0.4, -0.2) is 22.0 Å². The van der Waals surface area contributed by atoms with E-state index in [0.717, 1.165) is 19.3 Å². The van der Waals surface area contributed by atoms with Crippen molar-refractivity contribution in [3.8, 4) is 0 Å². The first kappa shape index (κ1) is 25.8. The Hall–Kier alpha value is -2.17. The van der Waals surface area contributed by atoms with Crippen LogP contribution in [0.25, 0.3) is 0 Å². The summed E-state index contributed by atoms with van der Waals surface area (Å²) >= 11 is 0. The van der Waals surface area contributed by atoms with Crippen molar-refractivity contribution in [2.75, 3.05) is 0 Å². The standard InChI is InChI=1S/C23H37NO4/c1-2-3-4-5-6-7-8-9-10-11-12-13-14-15-16-19-22(24(27)28)20-17-18-21-23(25)26/h6-7,9-10,12-13,15-16,22H,2-5,8,11,14,17-21H2,1H3,(H,25,26)/b7-6-,10-9-,13-12-,16-15-. The van der Waals surface area contributed by atoms with Crippen LogP contribution in [0.2, 0.25) is 0 Å². The molecular formula is C23H37NO4. The smallest absolute Gasteiger partial charge is 0.303 e. The maximum atomic E-state index is 11.0. The molecule has 158 valence electrons. The van der Waals surface area contributed by atoms with Gasteiger partial charge in [0.25, 0.3) is 0 Å². The molecule has 0 amide bonds. The summed E-state index contributed by atoms with van der Waals surface area (Å²) in [5.41, 5.74) is 0. The van der Waals surface area contributed by atoms with Gasteiger partial charge in [-0.1, -0.05) is 68.4 Å². The van der Waals surface area contributed by atoms with E-state index in [4.69, 9.17) is 5.11 Å². The average molecular weight is 392 g/mol. The van der Waals surface area contributed by atoms with E-state index in [1.54, 1.807) is 0 Å². The van der Waals surface area contributed by atoms with E-state index in [0.29, 0.717) is 25.7 Å². The average Bonchev–Trinajstić information content (AvgIpc) is 2.66. The number of hydrogen-bond acceptors (Lipinski definition) is 3. The summed E-state index contributed by atoms with van der Waals surface area (Å²) in [5, 5.41) is 19.6. The van der Waals surface area contributed by atoms with E-state index in [-0.39, 0.29) is 11.3 Å². The molecule has 0 heterocycles. The molecule has 0 radical (unpaired) electrons. The fourth-order valence-electron chi connectivity index (χ4n) is 2.66. The van der Waals surface area contributed by atoms with Gasteiger partial charge in [0, 0.05) is 24.2 Å². The molecule has 0 aliphatic heterocycles. The van der Waals surface area contributed by atoms with E-state index < -0.39 is 12.0 Å². The third-order valence-corrected chi connectivity index (χ3v) is 4.34. The van der Waals surface area contributed by atoms with Gasteiger partial charge in [-0.05, 0) is 44.9 Å². The van der Waals surface area contributed by atoms with Crippen LogP contribution in [0, 0.1) is 10.1 Å². The molecule has 1 unspecified atom stereocenters. The van der Waals surface area contributed by atoms with Crippen molar-refractivity contribution in [2.45, 2.75) is 90.0 Å². The quantitative estimate of drug-likeness (QED) is 0.123. The molecule has 0 aromatic rings. The number of hydrogen-bond donors (Lipinski definition) is 1. The van der Waals surface area contributed by atoms with Gasteiger partial charge in [-0.2, -0.15) is 0 Å². The Morgan fingerprint density at radius 2 is 1.46 bits per heavy atom. The van der Waals surface area contributed by atoms with Crippen molar-refractivity contribution in [2.24, 2.45) is 0 Å². The Bertz CT molecular complexity index is 521. The second-order valence-electron chi connectivity index (χ2n) is 6.90. The molecule has 0 fully saturated rings. The summed E-state index contributed by atoms with van der Waals surface area (Å²) in [6.45, 7) is 2.21. The molecule has 5 heteroatoms. The lowest BCUT2D eigenvalue weighted by Crippen LogP contribution is -2.18. The highest BCUT2D eigenvalue weighted by Crippen LogP contribution is 2.11. The lowest BCUT2D eigenvalue weighted by atomic mass is 10.1. The Kier molecular flexibility index (Phi) is 18.1. The minimum absolute atomic E-state index is 0.0781. The largest absolute Gasteiger partial charge is 0.481 e. The highest BCUT2D eigenvalue weighted by Gasteiger charge is 2.17. The molecule has 1 atom stereocenters. The molecule has 0 aromatic heterocycles. The maximum Gasteiger partial charge on any atom is 0.303 e. The molecule has 0 saturated carbocycles. The zero-order valence-electron chi connectivity index (χ0n) is 17.3. The van der Waals surface area contributed by atoms with Gasteiger partial charge in [0.05, 0.1) is 0 Å². The lowest BCUT2D eigenvalue weighted by Gasteiger charge is -2.06. The molecule has 0 bridgehead atoms. The van der Waals surface area contributed by atoms with E-state index in [9.17, 15) is 14.9 Å². The van der Waals surface area contributed by atoms with Crippen molar-refractivity contribution in [1.29, 1.82) is 0 Å². The third-order valence-electron chi connectivity index (χ3n) is 4.34. The first-order valence-electron chi connectivity index (χ1n) is 10.5. The molecule has 0 aromatic carbocycles. The Balaban J connectivity index is 3.80. The van der Waals surface area contributed by atoms with Crippen LogP contribution in [0.3, 0.4) is 0 Å². The topological polar surface area (TPSA) is 80.4 Å². The zero-order valence-corrected chi connectivity index (χ0v) is 17.3. The monoisotopic (exact) mass is 391 g/mol. The molecule has 28 heavy (non-hydrogen) atoms. The van der Waals surface area contributed by atoms with Crippen molar-refractivity contribution < 1.29 is 14.8 Å². The number of allylic oxidation sites excluding steroid dienone is 7. The first-order chi connectivity index (χ1) is 13.6. The number of unbranched alkanes of at least 4 members (excludes halogenated alkanes) is 4. The van der Waals surface area contributed by atoms with Crippen molar-refractivity contribution in [3.63, 3.8) is 0 Å². The number of carboxylic acid groups (broad SMARTS) is 1. The SMILES string of the molecule is CCCCC/C=C\C/C=C\C/C=C\C/C=C\CC(CCCCC(=O)O)[N+](=O)[O-]. The van der Waals surface area contributed by atoms with Crippen molar-refractivity contribution in [1.82, 2.24) is 0 Å². The maximum absolute atomic E-state index is 11.0. The number of aliphatic carboxylic acids is 1. The van der Waals surface area contributed by atoms with Crippen LogP contribution >= 0.6 is 0 Å². The predicted molar refractivity (Wildman–Crippen MR) is 116 cm³/mol. The molecule has 0 rings (SSSR count). The van der Waals surface area contributed by atoms with Gasteiger partial charge in [-0.3, -0.25) is 14.9 Å². The van der Waals surface area contributed by atoms with E-state index in [1.807, 2.05) is 12.2 Å². The molecule has 0 saturated heterocycles. The summed E-state index contributed by atoms with van der Waals surface area (Å²) in [6.07, 6.45) is 26.4. The molecular weight excluding hydrogens is 354 g/mol. The fourth-order valence-corrected chi connectivity index (χ4v) is 2.66. The lowest BCUT2D eigenvalue weighted by molar-refractivity contribution is -0.522. The van der Waals surface area contributed by atoms with E-state index in [2.05, 4.69) is 43.4 Å². The van der Waals surface area contributed by atoms with Crippen LogP contribution in [0.5, 0.6) is 0 Å². The minimum atomic E-state index is -0.849. The summed E-state index contributed by atoms with van der Waals surface area (Å²) in [7, 11) is 0. The molecule has 0 aliphatic rings. The number of carbonyl (C=O) groups is 1. The van der Waals surface area contributed by atoms with Gasteiger partial charge in [-0.25, -0.2) is 0 Å². The van der Waals surface area contributed by atoms with Gasteiger partial charge in [-0.15, -0.1) is 0 Å². The molecule has 5 nitrogen and oxygen atoms in total. The van der Waals surface area contributed by atoms with E-state index in [1.165, 1.54) is 25.7 Å². The Morgan fingerprint density at radius 1 is 0.893 bits per heavy atom. The van der Waals surface area contributed by atoms with Crippen molar-refractivity contribution >= 4 is 5.97 Å². The van der Waals surface area contributed by atoms with Crippen LogP contribution in [0.15, 0.2) is 48.6 Å². The predicted octanol–water partition coefficient (Wildman–Crippen LogP) is 6.64. The summed E-state index contributed by atoms with van der Waals surface area (Å²) < 4.78 is 0. The van der Waals surface area contributed by atoms with Gasteiger partial charge in [0.1, 0.15) is 0 Å². The zero-order chi connectivity index (χ0) is 20.9. The molecule has 0 spiro atoms. The fraction of sp³-hybridized carbons (Fsp3) is 0.609. The molecule has 1 N–H and O–H groups in total. The van der Waals surface area contributed by atoms with Gasteiger partial charge in [0.2, 0.25) is 6.04 Å². The number of rotatable bonds is 18. The normalized spacial score (nSPS) is 13.3. The number of nitro groups is 1. The highest BCUT2D eigenvalue weighted by molar-refractivity contribution is 5.66. The highest BCUT2D eigenvalue weighted by atomic mass is 16.6. The summed E-state index contributed by atoms with van der Waals surface area (Å²) in [4.78, 5) is 21.2.